The van der Waals surface area contributed by atoms with E-state index in [1.54, 1.807) is 0 Å². The number of hydrogen-bond acceptors (Lipinski definition) is 1. The number of rotatable bonds is 1. The van der Waals surface area contributed by atoms with Gasteiger partial charge < -0.3 is 4.74 Å². The monoisotopic (exact) mass is 177 g/mol. The van der Waals surface area contributed by atoms with Gasteiger partial charge in [-0.05, 0) is 6.92 Å². The van der Waals surface area contributed by atoms with Crippen LogP contribution in [0, 0.1) is 0 Å². The molecular formula is C3H4Cl3O2. The van der Waals surface area contributed by atoms with Crippen LogP contribution in [0.3, 0.4) is 0 Å². The van der Waals surface area contributed by atoms with Gasteiger partial charge in [-0.15, -0.1) is 0 Å². The second-order valence-corrected chi connectivity index (χ2v) is 3.31. The molecule has 0 bridgehead atoms. The van der Waals surface area contributed by atoms with Gasteiger partial charge in [0.2, 0.25) is 0 Å². The average molecular weight is 178 g/mol. The van der Waals surface area contributed by atoms with Crippen molar-refractivity contribution >= 4 is 34.8 Å². The third-order valence-corrected chi connectivity index (χ3v) is 0.567. The van der Waals surface area contributed by atoms with E-state index >= 15 is 0 Å². The molecule has 0 saturated carbocycles. The second-order valence-electron chi connectivity index (χ2n) is 1.13. The lowest BCUT2D eigenvalue weighted by molar-refractivity contribution is -0.130. The Bertz CT molecular complexity index is 67.4. The van der Waals surface area contributed by atoms with Gasteiger partial charge in [-0.25, -0.2) is 5.11 Å². The summed E-state index contributed by atoms with van der Waals surface area (Å²) in [6, 6.07) is 0. The first-order chi connectivity index (χ1) is 3.42. The topological polar surface area (TPSA) is 29.1 Å². The normalized spacial score (nSPS) is 16.1. The lowest BCUT2D eigenvalue weighted by Crippen LogP contribution is -2.16. The fraction of sp³-hybridized carbons (Fsp3) is 1.00. The summed E-state index contributed by atoms with van der Waals surface area (Å²) in [6.45, 7) is 1.24. The van der Waals surface area contributed by atoms with Crippen molar-refractivity contribution in [1.29, 1.82) is 0 Å². The molecule has 0 amide bonds. The van der Waals surface area contributed by atoms with E-state index in [1.807, 2.05) is 0 Å². The maximum atomic E-state index is 10.1. The third kappa shape index (κ3) is 6.79. The van der Waals surface area contributed by atoms with Crippen LogP contribution < -0.4 is 0 Å². The van der Waals surface area contributed by atoms with Gasteiger partial charge in [-0.3, -0.25) is 0 Å². The van der Waals surface area contributed by atoms with Crippen LogP contribution in [-0.2, 0) is 9.84 Å². The molecule has 0 rings (SSSR count). The van der Waals surface area contributed by atoms with Crippen molar-refractivity contribution in [3.05, 3.63) is 0 Å². The number of ether oxygens (including phenoxy) is 1. The number of halogens is 3. The molecule has 1 unspecified atom stereocenters. The average Bonchev–Trinajstić information content (AvgIpc) is 1.21. The highest BCUT2D eigenvalue weighted by atomic mass is 35.6. The van der Waals surface area contributed by atoms with Crippen LogP contribution in [0.4, 0.5) is 0 Å². The Hall–Kier alpha value is 0.790. The molecule has 1 atom stereocenters. The van der Waals surface area contributed by atoms with E-state index in [0.29, 0.717) is 0 Å². The second kappa shape index (κ2) is 3.08. The highest BCUT2D eigenvalue weighted by Gasteiger charge is 2.22. The highest BCUT2D eigenvalue weighted by Crippen LogP contribution is 2.28. The number of alkyl halides is 3. The minimum absolute atomic E-state index is 1.24. The van der Waals surface area contributed by atoms with E-state index in [9.17, 15) is 5.11 Å². The first-order valence-corrected chi connectivity index (χ1v) is 2.95. The molecule has 49 valence electrons. The molecule has 5 heteroatoms. The van der Waals surface area contributed by atoms with Crippen molar-refractivity contribution in [1.82, 2.24) is 0 Å². The molecule has 0 aliphatic rings. The van der Waals surface area contributed by atoms with Gasteiger partial charge in [0, 0.05) is 0 Å². The van der Waals surface area contributed by atoms with E-state index in [4.69, 9.17) is 34.8 Å². The summed E-state index contributed by atoms with van der Waals surface area (Å²) in [5, 5.41) is 10.1. The summed E-state index contributed by atoms with van der Waals surface area (Å²) in [4.78, 5) is 0. The predicted molar refractivity (Wildman–Crippen MR) is 31.5 cm³/mol. The van der Waals surface area contributed by atoms with Gasteiger partial charge in [-0.1, -0.05) is 34.8 Å². The SMILES string of the molecule is CC([O])OC(Cl)(Cl)Cl. The van der Waals surface area contributed by atoms with E-state index in [1.165, 1.54) is 6.92 Å². The fourth-order valence-corrected chi connectivity index (χ4v) is 0.565. The summed E-state index contributed by atoms with van der Waals surface area (Å²) >= 11 is 15.1. The van der Waals surface area contributed by atoms with Crippen molar-refractivity contribution in [3.8, 4) is 0 Å². The van der Waals surface area contributed by atoms with Crippen LogP contribution >= 0.6 is 34.8 Å². The lowest BCUT2D eigenvalue weighted by atomic mass is 10.8. The summed E-state index contributed by atoms with van der Waals surface area (Å²) in [5.41, 5.74) is 0. The molecule has 0 aliphatic carbocycles. The lowest BCUT2D eigenvalue weighted by Gasteiger charge is -2.11. The number of hydrogen-bond donors (Lipinski definition) is 0. The Morgan fingerprint density at radius 1 is 1.50 bits per heavy atom. The minimum Gasteiger partial charge on any atom is -0.302 e. The summed E-state index contributed by atoms with van der Waals surface area (Å²) < 4.78 is 2.30. The van der Waals surface area contributed by atoms with Gasteiger partial charge in [0.05, 0.1) is 0 Å². The van der Waals surface area contributed by atoms with E-state index in [0.717, 1.165) is 0 Å². The molecule has 0 heterocycles. The third-order valence-electron chi connectivity index (χ3n) is 0.300. The Labute approximate surface area is 62.3 Å². The first kappa shape index (κ1) is 8.79. The van der Waals surface area contributed by atoms with Gasteiger partial charge in [0.25, 0.3) is 3.98 Å². The Kier molecular flexibility index (Phi) is 3.39. The highest BCUT2D eigenvalue weighted by molar-refractivity contribution is 6.66. The zero-order valence-electron chi connectivity index (χ0n) is 4.03. The van der Waals surface area contributed by atoms with Gasteiger partial charge >= 0.3 is 0 Å². The van der Waals surface area contributed by atoms with Crippen LogP contribution in [0.1, 0.15) is 6.92 Å². The maximum absolute atomic E-state index is 10.1. The van der Waals surface area contributed by atoms with Crippen molar-refractivity contribution in [2.24, 2.45) is 0 Å². The molecule has 0 aromatic rings. The Morgan fingerprint density at radius 3 is 1.88 bits per heavy atom. The molecule has 0 N–H and O–H groups in total. The molecule has 1 radical (unpaired) electrons. The fourth-order valence-electron chi connectivity index (χ4n) is 0.188. The zero-order valence-corrected chi connectivity index (χ0v) is 6.30. The molecule has 0 saturated heterocycles. The zero-order chi connectivity index (χ0) is 6.78. The molecule has 0 spiro atoms. The summed E-state index contributed by atoms with van der Waals surface area (Å²) in [6.07, 6.45) is -1.30. The van der Waals surface area contributed by atoms with Crippen molar-refractivity contribution in [2.45, 2.75) is 17.2 Å². The smallest absolute Gasteiger partial charge is 0.299 e. The van der Waals surface area contributed by atoms with E-state index in [2.05, 4.69) is 4.74 Å². The molecule has 2 nitrogen and oxygen atoms in total. The first-order valence-electron chi connectivity index (χ1n) is 1.82. The molecule has 0 fully saturated rings. The molecule has 0 aliphatic heterocycles. The molecule has 0 aromatic heterocycles. The van der Waals surface area contributed by atoms with Crippen molar-refractivity contribution < 1.29 is 9.84 Å². The van der Waals surface area contributed by atoms with Crippen LogP contribution in [0.25, 0.3) is 0 Å². The van der Waals surface area contributed by atoms with Gasteiger partial charge in [-0.2, -0.15) is 0 Å². The van der Waals surface area contributed by atoms with Crippen molar-refractivity contribution in [3.63, 3.8) is 0 Å². The molecule has 8 heavy (non-hydrogen) atoms. The van der Waals surface area contributed by atoms with Crippen LogP contribution in [0.2, 0.25) is 0 Å². The van der Waals surface area contributed by atoms with Crippen molar-refractivity contribution in [2.75, 3.05) is 0 Å². The minimum atomic E-state index is -1.87. The molecular weight excluding hydrogens is 174 g/mol. The molecule has 0 aromatic carbocycles. The van der Waals surface area contributed by atoms with Gasteiger partial charge in [0.15, 0.2) is 6.29 Å². The van der Waals surface area contributed by atoms with Crippen LogP contribution in [-0.4, -0.2) is 10.3 Å². The summed E-state index contributed by atoms with van der Waals surface area (Å²) in [5.74, 6) is 0. The van der Waals surface area contributed by atoms with Crippen LogP contribution in [0.5, 0.6) is 0 Å². The largest absolute Gasteiger partial charge is 0.302 e. The Morgan fingerprint density at radius 2 is 1.88 bits per heavy atom. The maximum Gasteiger partial charge on any atom is 0.299 e. The standard InChI is InChI=1S/C3H4Cl3O2/c1-2(7)8-3(4,5)6/h2H,1H3. The summed E-state index contributed by atoms with van der Waals surface area (Å²) in [7, 11) is 0. The predicted octanol–water partition coefficient (Wildman–Crippen LogP) is 2.11. The van der Waals surface area contributed by atoms with Crippen LogP contribution in [0.15, 0.2) is 0 Å². The van der Waals surface area contributed by atoms with E-state index < -0.39 is 10.3 Å². The quantitative estimate of drug-likeness (QED) is 0.447. The van der Waals surface area contributed by atoms with Gasteiger partial charge in [0.1, 0.15) is 0 Å². The van der Waals surface area contributed by atoms with E-state index in [-0.39, 0.29) is 0 Å². The Balaban J connectivity index is 3.39.